The van der Waals surface area contributed by atoms with Gasteiger partial charge in [0.15, 0.2) is 0 Å². The number of aromatic nitrogens is 4. The molecule has 0 bridgehead atoms. The maximum atomic E-state index is 13.0. The summed E-state index contributed by atoms with van der Waals surface area (Å²) in [4.78, 5) is 21.6. The molecule has 0 unspecified atom stereocenters. The van der Waals surface area contributed by atoms with Gasteiger partial charge in [0.1, 0.15) is 11.3 Å². The molecule has 0 aliphatic rings. The first-order valence-electron chi connectivity index (χ1n) is 10.4. The molecular formula is C23H26N6O3. The lowest BCUT2D eigenvalue weighted by atomic mass is 9.99. The molecule has 4 aromatic rings. The van der Waals surface area contributed by atoms with E-state index in [4.69, 9.17) is 10.3 Å². The fourth-order valence-electron chi connectivity index (χ4n) is 3.33. The number of pyridine rings is 1. The monoisotopic (exact) mass is 434 g/mol. The number of carbonyl (C=O) groups is 1. The van der Waals surface area contributed by atoms with Gasteiger partial charge in [0, 0.05) is 17.4 Å². The van der Waals surface area contributed by atoms with Gasteiger partial charge in [-0.2, -0.15) is 4.98 Å². The first-order chi connectivity index (χ1) is 15.2. The number of carbonyl (C=O) groups excluding carboxylic acids is 1. The highest BCUT2D eigenvalue weighted by atomic mass is 16.5. The summed E-state index contributed by atoms with van der Waals surface area (Å²) in [5.74, 6) is 0.478. The summed E-state index contributed by atoms with van der Waals surface area (Å²) in [7, 11) is 0. The molecule has 0 fully saturated rings. The molecule has 166 valence electrons. The van der Waals surface area contributed by atoms with Gasteiger partial charge in [-0.05, 0) is 62.9 Å². The smallest absolute Gasteiger partial charge is 0.274 e. The Kier molecular flexibility index (Phi) is 5.77. The number of benzene rings is 1. The average Bonchev–Trinajstić information content (AvgIpc) is 3.40. The standard InChI is InChI=1S/C23H26N6O3/c1-14-4-5-16(21-27-20(12-24)32-28-21)11-17(14)26-22(30)18-13-25-19-10-15(7-9-29(18)19)6-8-23(2,3)31/h4-5,7,9-11,13,31H,6,8,12,24H2,1-3H3,(H,26,30). The topological polar surface area (TPSA) is 132 Å². The molecule has 3 heterocycles. The van der Waals surface area contributed by atoms with Crippen LogP contribution in [0.25, 0.3) is 17.0 Å². The van der Waals surface area contributed by atoms with Crippen molar-refractivity contribution in [1.82, 2.24) is 19.5 Å². The van der Waals surface area contributed by atoms with E-state index in [0.717, 1.165) is 17.5 Å². The van der Waals surface area contributed by atoms with E-state index in [-0.39, 0.29) is 12.5 Å². The van der Waals surface area contributed by atoms with Gasteiger partial charge in [0.05, 0.1) is 18.3 Å². The van der Waals surface area contributed by atoms with Crippen molar-refractivity contribution in [3.63, 3.8) is 0 Å². The number of nitrogens with one attached hydrogen (secondary N) is 1. The van der Waals surface area contributed by atoms with Gasteiger partial charge in [-0.1, -0.05) is 17.3 Å². The summed E-state index contributed by atoms with van der Waals surface area (Å²) in [5.41, 5.74) is 9.20. The van der Waals surface area contributed by atoms with E-state index in [1.807, 2.05) is 37.4 Å². The minimum Gasteiger partial charge on any atom is -0.390 e. The Bertz CT molecular complexity index is 1270. The third-order valence-corrected chi connectivity index (χ3v) is 5.22. The molecule has 4 N–H and O–H groups in total. The molecule has 9 nitrogen and oxygen atoms in total. The van der Waals surface area contributed by atoms with Gasteiger partial charge in [0.2, 0.25) is 11.7 Å². The highest BCUT2D eigenvalue weighted by molar-refractivity contribution is 6.04. The van der Waals surface area contributed by atoms with Gasteiger partial charge >= 0.3 is 0 Å². The van der Waals surface area contributed by atoms with E-state index in [9.17, 15) is 9.90 Å². The summed E-state index contributed by atoms with van der Waals surface area (Å²) < 4.78 is 6.82. The minimum atomic E-state index is -0.730. The van der Waals surface area contributed by atoms with Crippen molar-refractivity contribution in [2.45, 2.75) is 45.8 Å². The van der Waals surface area contributed by atoms with E-state index in [2.05, 4.69) is 20.4 Å². The van der Waals surface area contributed by atoms with Crippen LogP contribution in [0.15, 0.2) is 47.2 Å². The van der Waals surface area contributed by atoms with Crippen molar-refractivity contribution in [3.8, 4) is 11.4 Å². The second kappa shape index (κ2) is 8.52. The number of amides is 1. The molecule has 4 rings (SSSR count). The molecule has 0 saturated heterocycles. The third-order valence-electron chi connectivity index (χ3n) is 5.22. The van der Waals surface area contributed by atoms with E-state index in [1.165, 1.54) is 0 Å². The van der Waals surface area contributed by atoms with Crippen LogP contribution in [-0.4, -0.2) is 36.1 Å². The molecule has 0 aliphatic heterocycles. The second-order valence-corrected chi connectivity index (χ2v) is 8.42. The Hall–Kier alpha value is -3.56. The number of aryl methyl sites for hydroxylation is 2. The van der Waals surface area contributed by atoms with Crippen LogP contribution >= 0.6 is 0 Å². The highest BCUT2D eigenvalue weighted by Gasteiger charge is 2.16. The Balaban J connectivity index is 1.55. The van der Waals surface area contributed by atoms with E-state index < -0.39 is 5.60 Å². The van der Waals surface area contributed by atoms with Crippen LogP contribution in [0.5, 0.6) is 0 Å². The normalized spacial score (nSPS) is 11.8. The lowest BCUT2D eigenvalue weighted by Crippen LogP contribution is -2.19. The highest BCUT2D eigenvalue weighted by Crippen LogP contribution is 2.24. The maximum Gasteiger partial charge on any atom is 0.274 e. The lowest BCUT2D eigenvalue weighted by molar-refractivity contribution is 0.0714. The fourth-order valence-corrected chi connectivity index (χ4v) is 3.33. The molecule has 0 radical (unpaired) electrons. The van der Waals surface area contributed by atoms with E-state index >= 15 is 0 Å². The predicted octanol–water partition coefficient (Wildman–Crippen LogP) is 3.11. The minimum absolute atomic E-state index is 0.163. The summed E-state index contributed by atoms with van der Waals surface area (Å²) in [6, 6.07) is 9.41. The number of nitrogens with two attached hydrogens (primary N) is 1. The van der Waals surface area contributed by atoms with Crippen molar-refractivity contribution in [3.05, 3.63) is 65.4 Å². The van der Waals surface area contributed by atoms with Crippen molar-refractivity contribution in [2.75, 3.05) is 5.32 Å². The Morgan fingerprint density at radius 1 is 1.28 bits per heavy atom. The zero-order valence-corrected chi connectivity index (χ0v) is 18.3. The summed E-state index contributed by atoms with van der Waals surface area (Å²) in [5, 5.41) is 16.8. The zero-order valence-electron chi connectivity index (χ0n) is 18.3. The van der Waals surface area contributed by atoms with Gasteiger partial charge in [-0.3, -0.25) is 9.20 Å². The van der Waals surface area contributed by atoms with Gasteiger partial charge in [-0.15, -0.1) is 0 Å². The van der Waals surface area contributed by atoms with E-state index in [1.54, 1.807) is 30.5 Å². The number of anilines is 1. The van der Waals surface area contributed by atoms with Crippen molar-refractivity contribution >= 4 is 17.2 Å². The second-order valence-electron chi connectivity index (χ2n) is 8.42. The molecule has 1 amide bonds. The van der Waals surface area contributed by atoms with Crippen LogP contribution in [0, 0.1) is 6.92 Å². The Morgan fingerprint density at radius 3 is 2.81 bits per heavy atom. The zero-order chi connectivity index (χ0) is 22.9. The number of hydrogen-bond acceptors (Lipinski definition) is 7. The van der Waals surface area contributed by atoms with Crippen molar-refractivity contribution < 1.29 is 14.4 Å². The van der Waals surface area contributed by atoms with Crippen molar-refractivity contribution in [2.24, 2.45) is 5.73 Å². The van der Waals surface area contributed by atoms with Crippen LogP contribution in [0.3, 0.4) is 0 Å². The fraction of sp³-hybridized carbons (Fsp3) is 0.304. The quantitative estimate of drug-likeness (QED) is 0.407. The summed E-state index contributed by atoms with van der Waals surface area (Å²) >= 11 is 0. The SMILES string of the molecule is Cc1ccc(-c2noc(CN)n2)cc1NC(=O)c1cnc2cc(CCC(C)(C)O)ccn12. The lowest BCUT2D eigenvalue weighted by Gasteiger charge is -2.16. The third kappa shape index (κ3) is 4.68. The number of imidazole rings is 1. The molecule has 0 atom stereocenters. The van der Waals surface area contributed by atoms with Crippen LogP contribution in [0.1, 0.15) is 47.8 Å². The number of hydrogen-bond donors (Lipinski definition) is 3. The Labute approximate surface area is 185 Å². The Morgan fingerprint density at radius 2 is 2.09 bits per heavy atom. The maximum absolute atomic E-state index is 13.0. The summed E-state index contributed by atoms with van der Waals surface area (Å²) in [6.45, 7) is 5.65. The molecule has 0 spiro atoms. The largest absolute Gasteiger partial charge is 0.390 e. The van der Waals surface area contributed by atoms with Crippen LogP contribution in [0.2, 0.25) is 0 Å². The molecule has 0 aliphatic carbocycles. The number of aliphatic hydroxyl groups is 1. The average molecular weight is 435 g/mol. The first-order valence-corrected chi connectivity index (χ1v) is 10.4. The number of nitrogens with zero attached hydrogens (tertiary/aromatic N) is 4. The predicted molar refractivity (Wildman–Crippen MR) is 120 cm³/mol. The van der Waals surface area contributed by atoms with Crippen molar-refractivity contribution in [1.29, 1.82) is 0 Å². The number of fused-ring (bicyclic) bond motifs is 1. The van der Waals surface area contributed by atoms with Crippen LogP contribution in [0.4, 0.5) is 5.69 Å². The van der Waals surface area contributed by atoms with Gasteiger partial charge in [0.25, 0.3) is 5.91 Å². The van der Waals surface area contributed by atoms with Crippen LogP contribution in [-0.2, 0) is 13.0 Å². The van der Waals surface area contributed by atoms with E-state index in [0.29, 0.717) is 40.7 Å². The number of rotatable bonds is 7. The molecule has 32 heavy (non-hydrogen) atoms. The first kappa shape index (κ1) is 21.7. The van der Waals surface area contributed by atoms with Gasteiger partial charge in [-0.25, -0.2) is 4.98 Å². The molecule has 3 aromatic heterocycles. The molecule has 9 heteroatoms. The van der Waals surface area contributed by atoms with Crippen LogP contribution < -0.4 is 11.1 Å². The molecular weight excluding hydrogens is 408 g/mol. The molecule has 1 aromatic carbocycles. The van der Waals surface area contributed by atoms with Gasteiger partial charge < -0.3 is 20.7 Å². The molecule has 0 saturated carbocycles. The summed E-state index contributed by atoms with van der Waals surface area (Å²) in [6.07, 6.45) is 4.74.